The summed E-state index contributed by atoms with van der Waals surface area (Å²) >= 11 is 0. The van der Waals surface area contributed by atoms with Crippen molar-refractivity contribution in [2.45, 2.75) is 58.4 Å². The lowest BCUT2D eigenvalue weighted by Crippen LogP contribution is -2.58. The third-order valence-electron chi connectivity index (χ3n) is 6.14. The number of likely N-dealkylation sites (N-methyl/N-ethyl adjacent to an activating group) is 2. The van der Waals surface area contributed by atoms with Crippen LogP contribution in [0, 0.1) is 12.8 Å². The van der Waals surface area contributed by atoms with Crippen LogP contribution in [0.2, 0.25) is 0 Å². The van der Waals surface area contributed by atoms with E-state index in [1.165, 1.54) is 10.6 Å². The van der Waals surface area contributed by atoms with Crippen LogP contribution in [-0.4, -0.2) is 73.6 Å². The maximum absolute atomic E-state index is 12.5. The molecule has 9 heteroatoms. The van der Waals surface area contributed by atoms with E-state index < -0.39 is 11.6 Å². The van der Waals surface area contributed by atoms with Crippen molar-refractivity contribution >= 4 is 18.4 Å². The minimum Gasteiger partial charge on any atom is -0.492 e. The molecule has 1 aliphatic rings. The SMILES string of the molecule is CCNC(=O)C(N(C)OC(NCCOc1ccccc1/C=C/CNC=O)C1CC1)C(C)(C)O.Cc1ccccc1. The van der Waals surface area contributed by atoms with Gasteiger partial charge in [-0.15, -0.1) is 0 Å². The number of carbonyl (C=O) groups excluding carboxylic acids is 2. The smallest absolute Gasteiger partial charge is 0.242 e. The summed E-state index contributed by atoms with van der Waals surface area (Å²) in [7, 11) is 1.67. The van der Waals surface area contributed by atoms with E-state index in [1.807, 2.05) is 61.5 Å². The van der Waals surface area contributed by atoms with E-state index in [9.17, 15) is 14.7 Å². The molecule has 0 saturated heterocycles. The van der Waals surface area contributed by atoms with Gasteiger partial charge in [-0.1, -0.05) is 66.2 Å². The zero-order valence-corrected chi connectivity index (χ0v) is 24.4. The number of amides is 2. The molecule has 2 amide bonds. The molecule has 0 heterocycles. The predicted octanol–water partition coefficient (Wildman–Crippen LogP) is 3.28. The first-order valence-corrected chi connectivity index (χ1v) is 13.9. The first-order chi connectivity index (χ1) is 19.2. The second kappa shape index (κ2) is 17.5. The van der Waals surface area contributed by atoms with E-state index in [-0.39, 0.29) is 12.1 Å². The van der Waals surface area contributed by atoms with E-state index in [4.69, 9.17) is 9.57 Å². The Balaban J connectivity index is 0.000000693. The molecule has 0 spiro atoms. The van der Waals surface area contributed by atoms with E-state index >= 15 is 0 Å². The van der Waals surface area contributed by atoms with Crippen LogP contribution in [-0.2, 0) is 14.4 Å². The summed E-state index contributed by atoms with van der Waals surface area (Å²) in [5.74, 6) is 0.823. The molecule has 0 radical (unpaired) electrons. The van der Waals surface area contributed by atoms with Gasteiger partial charge in [0.2, 0.25) is 12.3 Å². The fraction of sp³-hybridized carbons (Fsp3) is 0.484. The van der Waals surface area contributed by atoms with Crippen LogP contribution in [0.3, 0.4) is 0 Å². The first kappa shape index (κ1) is 33.0. The molecular formula is C31H46N4O5. The topological polar surface area (TPSA) is 112 Å². The van der Waals surface area contributed by atoms with Crippen LogP contribution < -0.4 is 20.7 Å². The highest BCUT2D eigenvalue weighted by atomic mass is 16.7. The highest BCUT2D eigenvalue weighted by Gasteiger charge is 2.40. The lowest BCUT2D eigenvalue weighted by molar-refractivity contribution is -0.241. The number of rotatable bonds is 16. The highest BCUT2D eigenvalue weighted by molar-refractivity contribution is 5.82. The van der Waals surface area contributed by atoms with Crippen LogP contribution in [0.1, 0.15) is 44.7 Å². The number of aliphatic hydroxyl groups is 1. The van der Waals surface area contributed by atoms with Crippen molar-refractivity contribution in [2.75, 3.05) is 33.3 Å². The fourth-order valence-electron chi connectivity index (χ4n) is 4.08. The van der Waals surface area contributed by atoms with E-state index in [1.54, 1.807) is 20.9 Å². The summed E-state index contributed by atoms with van der Waals surface area (Å²) in [6, 6.07) is 17.1. The highest BCUT2D eigenvalue weighted by Crippen LogP contribution is 2.34. The molecule has 2 atom stereocenters. The van der Waals surface area contributed by atoms with Gasteiger partial charge in [-0.2, -0.15) is 5.06 Å². The number of hydrogen-bond acceptors (Lipinski definition) is 7. The van der Waals surface area contributed by atoms with Crippen molar-refractivity contribution in [2.24, 2.45) is 5.92 Å². The van der Waals surface area contributed by atoms with Gasteiger partial charge in [-0.25, -0.2) is 0 Å². The molecule has 1 saturated carbocycles. The zero-order valence-electron chi connectivity index (χ0n) is 24.4. The normalized spacial score (nSPS) is 14.7. The summed E-state index contributed by atoms with van der Waals surface area (Å²) in [6.07, 6.45) is 6.24. The average Bonchev–Trinajstić information content (AvgIpc) is 3.75. The lowest BCUT2D eigenvalue weighted by Gasteiger charge is -2.36. The third-order valence-corrected chi connectivity index (χ3v) is 6.14. The van der Waals surface area contributed by atoms with Crippen molar-refractivity contribution in [3.8, 4) is 5.75 Å². The van der Waals surface area contributed by atoms with Crippen LogP contribution in [0.25, 0.3) is 6.08 Å². The molecular weight excluding hydrogens is 508 g/mol. The van der Waals surface area contributed by atoms with Gasteiger partial charge >= 0.3 is 0 Å². The zero-order chi connectivity index (χ0) is 29.4. The number of benzene rings is 2. The Labute approximate surface area is 238 Å². The van der Waals surface area contributed by atoms with E-state index in [2.05, 4.69) is 35.0 Å². The van der Waals surface area contributed by atoms with Gasteiger partial charge in [0.1, 0.15) is 24.6 Å². The fourth-order valence-corrected chi connectivity index (χ4v) is 4.08. The Kier molecular flexibility index (Phi) is 14.4. The maximum atomic E-state index is 12.5. The van der Waals surface area contributed by atoms with E-state index in [0.29, 0.717) is 38.6 Å². The molecule has 0 bridgehead atoms. The number of ether oxygens (including phenoxy) is 1. The second-order valence-electron chi connectivity index (χ2n) is 10.3. The van der Waals surface area contributed by atoms with Crippen LogP contribution in [0.5, 0.6) is 5.75 Å². The lowest BCUT2D eigenvalue weighted by atomic mass is 9.98. The number of nitrogens with zero attached hydrogens (tertiary/aromatic N) is 1. The Hall–Kier alpha value is -3.24. The standard InChI is InChI=1S/C24H38N4O5.C7H8/c1-5-26-22(30)21(24(2,3)31)28(4)33-23(19-12-13-19)27-15-16-32-20-11-7-6-9-18(20)10-8-14-25-17-29;1-7-5-3-2-4-6-7/h6-11,17,19,21,23,27,31H,5,12-16H2,1-4H3,(H,25,29)(H,26,30);2-6H,1H3/b10-8+;. The van der Waals surface area contributed by atoms with Gasteiger partial charge in [0.05, 0.1) is 5.60 Å². The van der Waals surface area contributed by atoms with Gasteiger partial charge < -0.3 is 20.5 Å². The molecule has 4 N–H and O–H groups in total. The molecule has 2 aromatic rings. The molecule has 40 heavy (non-hydrogen) atoms. The third kappa shape index (κ3) is 12.3. The Morgan fingerprint density at radius 3 is 2.40 bits per heavy atom. The minimum absolute atomic E-state index is 0.276. The van der Waals surface area contributed by atoms with Crippen LogP contribution in [0.4, 0.5) is 0 Å². The number of nitrogens with one attached hydrogen (secondary N) is 3. The average molecular weight is 555 g/mol. The second-order valence-corrected chi connectivity index (χ2v) is 10.3. The first-order valence-electron chi connectivity index (χ1n) is 13.9. The maximum Gasteiger partial charge on any atom is 0.242 e. The van der Waals surface area contributed by atoms with Gasteiger partial charge in [-0.3, -0.25) is 19.7 Å². The predicted molar refractivity (Wildman–Crippen MR) is 158 cm³/mol. The number of para-hydroxylation sites is 1. The largest absolute Gasteiger partial charge is 0.492 e. The molecule has 0 aliphatic heterocycles. The Morgan fingerprint density at radius 1 is 1.15 bits per heavy atom. The summed E-state index contributed by atoms with van der Waals surface area (Å²) in [6.45, 7) is 9.03. The van der Waals surface area contributed by atoms with Crippen molar-refractivity contribution < 1.29 is 24.3 Å². The van der Waals surface area contributed by atoms with Gasteiger partial charge in [-0.05, 0) is 46.6 Å². The molecule has 1 fully saturated rings. The minimum atomic E-state index is -1.27. The van der Waals surface area contributed by atoms with E-state index in [0.717, 1.165) is 24.2 Å². The molecule has 2 unspecified atom stereocenters. The monoisotopic (exact) mass is 554 g/mol. The summed E-state index contributed by atoms with van der Waals surface area (Å²) in [5.41, 5.74) is 0.973. The van der Waals surface area contributed by atoms with Gasteiger partial charge in [0, 0.05) is 38.2 Å². The number of carbonyl (C=O) groups is 2. The van der Waals surface area contributed by atoms with Gasteiger partial charge in [0.15, 0.2) is 0 Å². The molecule has 3 rings (SSSR count). The summed E-state index contributed by atoms with van der Waals surface area (Å²) in [5, 5.41) is 20.7. The molecule has 220 valence electrons. The van der Waals surface area contributed by atoms with Crippen LogP contribution in [0.15, 0.2) is 60.7 Å². The number of aryl methyl sites for hydroxylation is 1. The molecule has 9 nitrogen and oxygen atoms in total. The summed E-state index contributed by atoms with van der Waals surface area (Å²) < 4.78 is 5.94. The Morgan fingerprint density at radius 2 is 1.82 bits per heavy atom. The number of hydrogen-bond donors (Lipinski definition) is 4. The number of hydroxylamine groups is 2. The van der Waals surface area contributed by atoms with Crippen LogP contribution >= 0.6 is 0 Å². The van der Waals surface area contributed by atoms with Crippen molar-refractivity contribution in [3.63, 3.8) is 0 Å². The van der Waals surface area contributed by atoms with Crippen molar-refractivity contribution in [1.82, 2.24) is 21.0 Å². The van der Waals surface area contributed by atoms with Crippen molar-refractivity contribution in [1.29, 1.82) is 0 Å². The summed E-state index contributed by atoms with van der Waals surface area (Å²) in [4.78, 5) is 28.9. The molecule has 2 aromatic carbocycles. The van der Waals surface area contributed by atoms with Gasteiger partial charge in [0.25, 0.3) is 0 Å². The molecule has 0 aromatic heterocycles. The quantitative estimate of drug-likeness (QED) is 0.109. The van der Waals surface area contributed by atoms with Crippen molar-refractivity contribution in [3.05, 3.63) is 71.8 Å². The Bertz CT molecular complexity index is 1040. The molecule has 1 aliphatic carbocycles.